The second-order valence-corrected chi connectivity index (χ2v) is 5.69. The Morgan fingerprint density at radius 2 is 1.75 bits per heavy atom. The maximum absolute atomic E-state index is 12.1. The van der Waals surface area contributed by atoms with Gasteiger partial charge in [0, 0.05) is 30.8 Å². The molecule has 0 aliphatic carbocycles. The summed E-state index contributed by atoms with van der Waals surface area (Å²) in [5.74, 6) is 0.837. The molecule has 0 atom stereocenters. The molecule has 24 heavy (non-hydrogen) atoms. The van der Waals surface area contributed by atoms with Crippen LogP contribution in [0.1, 0.15) is 12.0 Å². The SMILES string of the molecule is COc1cc(NC(=O)CCNc2ccc(C)cc2)c(OC)cc1Cl. The molecule has 5 nitrogen and oxygen atoms in total. The number of ether oxygens (including phenoxy) is 2. The third-order valence-corrected chi connectivity index (χ3v) is 3.78. The number of hydrogen-bond acceptors (Lipinski definition) is 4. The van der Waals surface area contributed by atoms with Crippen LogP contribution < -0.4 is 20.1 Å². The van der Waals surface area contributed by atoms with Crippen molar-refractivity contribution in [3.8, 4) is 11.5 Å². The molecule has 0 fully saturated rings. The molecule has 0 aliphatic heterocycles. The minimum absolute atomic E-state index is 0.128. The lowest BCUT2D eigenvalue weighted by molar-refractivity contribution is -0.116. The molecule has 128 valence electrons. The average Bonchev–Trinajstić information content (AvgIpc) is 2.57. The molecule has 1 amide bonds. The number of methoxy groups -OCH3 is 2. The van der Waals surface area contributed by atoms with Gasteiger partial charge in [0.2, 0.25) is 5.91 Å². The fraction of sp³-hybridized carbons (Fsp3) is 0.278. The van der Waals surface area contributed by atoms with Crippen LogP contribution in [-0.4, -0.2) is 26.7 Å². The van der Waals surface area contributed by atoms with Crippen LogP contribution in [0.25, 0.3) is 0 Å². The van der Waals surface area contributed by atoms with Crippen molar-refractivity contribution < 1.29 is 14.3 Å². The Morgan fingerprint density at radius 3 is 2.38 bits per heavy atom. The van der Waals surface area contributed by atoms with Crippen molar-refractivity contribution in [2.24, 2.45) is 0 Å². The molecule has 2 N–H and O–H groups in total. The normalized spacial score (nSPS) is 10.2. The smallest absolute Gasteiger partial charge is 0.226 e. The third-order valence-electron chi connectivity index (χ3n) is 3.48. The van der Waals surface area contributed by atoms with Crippen LogP contribution in [0.15, 0.2) is 36.4 Å². The zero-order valence-corrected chi connectivity index (χ0v) is 14.7. The van der Waals surface area contributed by atoms with Crippen molar-refractivity contribution in [2.45, 2.75) is 13.3 Å². The second kappa shape index (κ2) is 8.45. The number of aryl methyl sites for hydroxylation is 1. The van der Waals surface area contributed by atoms with Crippen molar-refractivity contribution in [1.29, 1.82) is 0 Å². The molecule has 0 saturated carbocycles. The van der Waals surface area contributed by atoms with Gasteiger partial charge in [-0.2, -0.15) is 0 Å². The van der Waals surface area contributed by atoms with Gasteiger partial charge in [-0.05, 0) is 19.1 Å². The molecule has 0 aliphatic rings. The Bertz CT molecular complexity index is 702. The molecule has 2 aromatic rings. The zero-order valence-electron chi connectivity index (χ0n) is 14.0. The predicted molar refractivity (Wildman–Crippen MR) is 97.5 cm³/mol. The fourth-order valence-corrected chi connectivity index (χ4v) is 2.39. The number of anilines is 2. The topological polar surface area (TPSA) is 59.6 Å². The molecule has 2 rings (SSSR count). The van der Waals surface area contributed by atoms with E-state index in [0.717, 1.165) is 5.69 Å². The summed E-state index contributed by atoms with van der Waals surface area (Å²) in [6.07, 6.45) is 0.321. The van der Waals surface area contributed by atoms with E-state index in [9.17, 15) is 4.79 Å². The number of halogens is 1. The summed E-state index contributed by atoms with van der Waals surface area (Å²) < 4.78 is 10.4. The molecule has 0 unspecified atom stereocenters. The Hall–Kier alpha value is -2.40. The summed E-state index contributed by atoms with van der Waals surface area (Å²) >= 11 is 6.05. The van der Waals surface area contributed by atoms with E-state index in [1.165, 1.54) is 19.8 Å². The van der Waals surface area contributed by atoms with Crippen LogP contribution in [0.4, 0.5) is 11.4 Å². The van der Waals surface area contributed by atoms with Crippen LogP contribution in [0, 0.1) is 6.92 Å². The molecular formula is C18H21ClN2O3. The summed E-state index contributed by atoms with van der Waals surface area (Å²) in [6.45, 7) is 2.56. The van der Waals surface area contributed by atoms with Crippen molar-refractivity contribution in [2.75, 3.05) is 31.4 Å². The quantitative estimate of drug-likeness (QED) is 0.790. The van der Waals surface area contributed by atoms with Gasteiger partial charge in [0.1, 0.15) is 11.5 Å². The summed E-state index contributed by atoms with van der Waals surface area (Å²) in [5.41, 5.74) is 2.71. The number of hydrogen-bond donors (Lipinski definition) is 2. The summed E-state index contributed by atoms with van der Waals surface area (Å²) in [7, 11) is 3.04. The van der Waals surface area contributed by atoms with Gasteiger partial charge in [0.05, 0.1) is 24.9 Å². The first-order valence-electron chi connectivity index (χ1n) is 7.55. The monoisotopic (exact) mass is 348 g/mol. The summed E-state index contributed by atoms with van der Waals surface area (Å²) in [5, 5.41) is 6.45. The average molecular weight is 349 g/mol. The first-order chi connectivity index (χ1) is 11.5. The number of benzene rings is 2. The molecule has 6 heteroatoms. The maximum atomic E-state index is 12.1. The van der Waals surface area contributed by atoms with E-state index in [2.05, 4.69) is 10.6 Å². The highest BCUT2D eigenvalue weighted by molar-refractivity contribution is 6.32. The number of carbonyl (C=O) groups is 1. The minimum Gasteiger partial charge on any atom is -0.495 e. The van der Waals surface area contributed by atoms with Crippen molar-refractivity contribution in [3.63, 3.8) is 0 Å². The Balaban J connectivity index is 1.93. The molecule has 2 aromatic carbocycles. The maximum Gasteiger partial charge on any atom is 0.226 e. The lowest BCUT2D eigenvalue weighted by atomic mass is 10.2. The van der Waals surface area contributed by atoms with E-state index in [0.29, 0.717) is 35.2 Å². The lowest BCUT2D eigenvalue weighted by Gasteiger charge is -2.13. The molecule has 0 bridgehead atoms. The van der Waals surface area contributed by atoms with Crippen LogP contribution in [-0.2, 0) is 4.79 Å². The Kier molecular flexibility index (Phi) is 6.32. The standard InChI is InChI=1S/C18H21ClN2O3/c1-12-4-6-13(7-5-12)20-9-8-18(22)21-15-11-16(23-2)14(19)10-17(15)24-3/h4-7,10-11,20H,8-9H2,1-3H3,(H,21,22). The van der Waals surface area contributed by atoms with Crippen LogP contribution in [0.3, 0.4) is 0 Å². The van der Waals surface area contributed by atoms with Gasteiger partial charge in [0.25, 0.3) is 0 Å². The Morgan fingerprint density at radius 1 is 1.08 bits per heavy atom. The van der Waals surface area contributed by atoms with Crippen molar-refractivity contribution in [1.82, 2.24) is 0 Å². The van der Waals surface area contributed by atoms with Gasteiger partial charge in [0.15, 0.2) is 0 Å². The summed E-state index contributed by atoms with van der Waals surface area (Å²) in [4.78, 5) is 12.1. The number of carbonyl (C=O) groups excluding carboxylic acids is 1. The first kappa shape index (κ1) is 17.9. The van der Waals surface area contributed by atoms with Gasteiger partial charge in [-0.15, -0.1) is 0 Å². The predicted octanol–water partition coefficient (Wildman–Crippen LogP) is 4.11. The van der Waals surface area contributed by atoms with E-state index >= 15 is 0 Å². The number of rotatable bonds is 7. The highest BCUT2D eigenvalue weighted by atomic mass is 35.5. The molecule has 0 heterocycles. The molecule has 0 radical (unpaired) electrons. The van der Waals surface area contributed by atoms with Crippen LogP contribution >= 0.6 is 11.6 Å². The van der Waals surface area contributed by atoms with Gasteiger partial charge in [-0.25, -0.2) is 0 Å². The first-order valence-corrected chi connectivity index (χ1v) is 7.93. The number of nitrogens with one attached hydrogen (secondary N) is 2. The van der Waals surface area contributed by atoms with Gasteiger partial charge in [-0.1, -0.05) is 29.3 Å². The highest BCUT2D eigenvalue weighted by Crippen LogP contribution is 2.35. The van der Waals surface area contributed by atoms with Gasteiger partial charge >= 0.3 is 0 Å². The van der Waals surface area contributed by atoms with Crippen molar-refractivity contribution >= 4 is 28.9 Å². The van der Waals surface area contributed by atoms with Gasteiger partial charge in [-0.3, -0.25) is 4.79 Å². The lowest BCUT2D eigenvalue weighted by Crippen LogP contribution is -2.16. The zero-order chi connectivity index (χ0) is 17.5. The van der Waals surface area contributed by atoms with E-state index < -0.39 is 0 Å². The molecule has 0 spiro atoms. The van der Waals surface area contributed by atoms with Crippen LogP contribution in [0.2, 0.25) is 5.02 Å². The summed E-state index contributed by atoms with van der Waals surface area (Å²) in [6, 6.07) is 11.3. The van der Waals surface area contributed by atoms with Crippen LogP contribution in [0.5, 0.6) is 11.5 Å². The molecule has 0 aromatic heterocycles. The van der Waals surface area contributed by atoms with E-state index in [1.54, 1.807) is 12.1 Å². The number of amides is 1. The van der Waals surface area contributed by atoms with Gasteiger partial charge < -0.3 is 20.1 Å². The van der Waals surface area contributed by atoms with E-state index in [4.69, 9.17) is 21.1 Å². The molecule has 0 saturated heterocycles. The minimum atomic E-state index is -0.128. The second-order valence-electron chi connectivity index (χ2n) is 5.28. The fourth-order valence-electron chi connectivity index (χ4n) is 2.16. The van der Waals surface area contributed by atoms with Crippen molar-refractivity contribution in [3.05, 3.63) is 47.0 Å². The largest absolute Gasteiger partial charge is 0.495 e. The third kappa shape index (κ3) is 4.80. The molecular weight excluding hydrogens is 328 g/mol. The van der Waals surface area contributed by atoms with E-state index in [-0.39, 0.29) is 5.91 Å². The Labute approximate surface area is 146 Å². The highest BCUT2D eigenvalue weighted by Gasteiger charge is 2.12. The van der Waals surface area contributed by atoms with E-state index in [1.807, 2.05) is 31.2 Å².